The van der Waals surface area contributed by atoms with Crippen LogP contribution in [0.4, 0.5) is 0 Å². The highest BCUT2D eigenvalue weighted by molar-refractivity contribution is 5.24. The standard InChI is InChI=1S/C17H28O/c1-5-6-7-14(4)17(18)16-10-8-15(9-11-16)12-13(2)3/h8-11,13-14,17-18H,5-7,12H2,1-4H3. The van der Waals surface area contributed by atoms with Gasteiger partial charge >= 0.3 is 0 Å². The molecule has 0 saturated carbocycles. The zero-order valence-electron chi connectivity index (χ0n) is 12.3. The Morgan fingerprint density at radius 3 is 2.17 bits per heavy atom. The molecule has 0 aliphatic heterocycles. The van der Waals surface area contributed by atoms with Crippen molar-refractivity contribution in [3.63, 3.8) is 0 Å². The number of rotatable bonds is 7. The van der Waals surface area contributed by atoms with E-state index in [9.17, 15) is 5.11 Å². The number of unbranched alkanes of at least 4 members (excludes halogenated alkanes) is 1. The summed E-state index contributed by atoms with van der Waals surface area (Å²) < 4.78 is 0. The molecular formula is C17H28O. The van der Waals surface area contributed by atoms with Crippen molar-refractivity contribution in [2.24, 2.45) is 11.8 Å². The lowest BCUT2D eigenvalue weighted by Gasteiger charge is -2.19. The van der Waals surface area contributed by atoms with E-state index in [4.69, 9.17) is 0 Å². The number of hydrogen-bond acceptors (Lipinski definition) is 1. The molecule has 18 heavy (non-hydrogen) atoms. The topological polar surface area (TPSA) is 20.2 Å². The van der Waals surface area contributed by atoms with Gasteiger partial charge in [0.25, 0.3) is 0 Å². The predicted octanol–water partition coefficient (Wildman–Crippen LogP) is 4.74. The first-order valence-electron chi connectivity index (χ1n) is 7.31. The molecule has 1 nitrogen and oxygen atoms in total. The van der Waals surface area contributed by atoms with Crippen LogP contribution in [0.5, 0.6) is 0 Å². The Hall–Kier alpha value is -0.820. The van der Waals surface area contributed by atoms with E-state index in [1.807, 2.05) is 0 Å². The van der Waals surface area contributed by atoms with E-state index in [2.05, 4.69) is 52.0 Å². The third kappa shape index (κ3) is 4.81. The number of benzene rings is 1. The molecule has 0 fully saturated rings. The van der Waals surface area contributed by atoms with Gasteiger partial charge in [0.2, 0.25) is 0 Å². The van der Waals surface area contributed by atoms with Crippen LogP contribution in [0.2, 0.25) is 0 Å². The van der Waals surface area contributed by atoms with Crippen LogP contribution in [0.25, 0.3) is 0 Å². The molecule has 1 rings (SSSR count). The molecule has 0 aliphatic carbocycles. The lowest BCUT2D eigenvalue weighted by atomic mass is 9.92. The molecule has 0 spiro atoms. The predicted molar refractivity (Wildman–Crippen MR) is 78.6 cm³/mol. The van der Waals surface area contributed by atoms with Gasteiger partial charge < -0.3 is 5.11 Å². The first-order valence-corrected chi connectivity index (χ1v) is 7.31. The lowest BCUT2D eigenvalue weighted by Crippen LogP contribution is -2.09. The van der Waals surface area contributed by atoms with Crippen LogP contribution in [0.1, 0.15) is 64.2 Å². The zero-order valence-corrected chi connectivity index (χ0v) is 12.3. The van der Waals surface area contributed by atoms with Crippen LogP contribution in [-0.2, 0) is 6.42 Å². The van der Waals surface area contributed by atoms with Crippen molar-refractivity contribution in [2.45, 2.75) is 59.5 Å². The van der Waals surface area contributed by atoms with Crippen LogP contribution < -0.4 is 0 Å². The van der Waals surface area contributed by atoms with Gasteiger partial charge in [0, 0.05) is 0 Å². The van der Waals surface area contributed by atoms with Gasteiger partial charge in [-0.3, -0.25) is 0 Å². The molecule has 0 aliphatic rings. The van der Waals surface area contributed by atoms with E-state index in [0.29, 0.717) is 11.8 Å². The Bertz CT molecular complexity index is 326. The first kappa shape index (κ1) is 15.2. The van der Waals surface area contributed by atoms with Crippen LogP contribution in [0, 0.1) is 11.8 Å². The fraction of sp³-hybridized carbons (Fsp3) is 0.647. The molecule has 1 heteroatoms. The quantitative estimate of drug-likeness (QED) is 0.738. The van der Waals surface area contributed by atoms with Crippen molar-refractivity contribution in [3.05, 3.63) is 35.4 Å². The van der Waals surface area contributed by atoms with Gasteiger partial charge in [-0.25, -0.2) is 0 Å². The lowest BCUT2D eigenvalue weighted by molar-refractivity contribution is 0.111. The van der Waals surface area contributed by atoms with E-state index in [-0.39, 0.29) is 6.10 Å². The third-order valence-corrected chi connectivity index (χ3v) is 3.52. The summed E-state index contributed by atoms with van der Waals surface area (Å²) in [5, 5.41) is 10.3. The molecule has 0 heterocycles. The van der Waals surface area contributed by atoms with Crippen molar-refractivity contribution in [2.75, 3.05) is 0 Å². The molecule has 102 valence electrons. The van der Waals surface area contributed by atoms with Gasteiger partial charge in [0.1, 0.15) is 0 Å². The second-order valence-corrected chi connectivity index (χ2v) is 5.90. The SMILES string of the molecule is CCCCC(C)C(O)c1ccc(CC(C)C)cc1. The smallest absolute Gasteiger partial charge is 0.0815 e. The number of aliphatic hydroxyl groups is 1. The summed E-state index contributed by atoms with van der Waals surface area (Å²) in [7, 11) is 0. The molecule has 0 aromatic heterocycles. The maximum Gasteiger partial charge on any atom is 0.0815 e. The first-order chi connectivity index (χ1) is 8.54. The van der Waals surface area contributed by atoms with Crippen molar-refractivity contribution < 1.29 is 5.11 Å². The Balaban J connectivity index is 2.60. The second-order valence-electron chi connectivity index (χ2n) is 5.90. The van der Waals surface area contributed by atoms with Crippen molar-refractivity contribution >= 4 is 0 Å². The van der Waals surface area contributed by atoms with Crippen LogP contribution >= 0.6 is 0 Å². The van der Waals surface area contributed by atoms with E-state index in [0.717, 1.165) is 18.4 Å². The molecule has 2 atom stereocenters. The highest BCUT2D eigenvalue weighted by Gasteiger charge is 2.15. The molecule has 2 unspecified atom stereocenters. The maximum absolute atomic E-state index is 10.3. The zero-order chi connectivity index (χ0) is 13.5. The third-order valence-electron chi connectivity index (χ3n) is 3.52. The van der Waals surface area contributed by atoms with Gasteiger partial charge in [0.05, 0.1) is 6.10 Å². The minimum atomic E-state index is -0.315. The fourth-order valence-corrected chi connectivity index (χ4v) is 2.33. The minimum absolute atomic E-state index is 0.315. The van der Waals surface area contributed by atoms with Crippen LogP contribution in [-0.4, -0.2) is 5.11 Å². The van der Waals surface area contributed by atoms with Gasteiger partial charge in [-0.15, -0.1) is 0 Å². The summed E-state index contributed by atoms with van der Waals surface area (Å²) in [6, 6.07) is 8.49. The van der Waals surface area contributed by atoms with E-state index >= 15 is 0 Å². The summed E-state index contributed by atoms with van der Waals surface area (Å²) >= 11 is 0. The normalized spacial score (nSPS) is 14.8. The average molecular weight is 248 g/mol. The Kier molecular flexibility index (Phi) is 6.42. The van der Waals surface area contributed by atoms with Gasteiger partial charge in [-0.2, -0.15) is 0 Å². The molecule has 0 amide bonds. The minimum Gasteiger partial charge on any atom is -0.388 e. The van der Waals surface area contributed by atoms with Crippen molar-refractivity contribution in [1.82, 2.24) is 0 Å². The van der Waals surface area contributed by atoms with Crippen molar-refractivity contribution in [3.8, 4) is 0 Å². The highest BCUT2D eigenvalue weighted by Crippen LogP contribution is 2.26. The van der Waals surface area contributed by atoms with Crippen LogP contribution in [0.15, 0.2) is 24.3 Å². The molecule has 0 saturated heterocycles. The number of hydrogen-bond donors (Lipinski definition) is 1. The van der Waals surface area contributed by atoms with Crippen LogP contribution in [0.3, 0.4) is 0 Å². The largest absolute Gasteiger partial charge is 0.388 e. The summed E-state index contributed by atoms with van der Waals surface area (Å²) in [6.07, 6.45) is 4.30. The summed E-state index contributed by atoms with van der Waals surface area (Å²) in [6.45, 7) is 8.80. The summed E-state index contributed by atoms with van der Waals surface area (Å²) in [5.74, 6) is 1.03. The highest BCUT2D eigenvalue weighted by atomic mass is 16.3. The average Bonchev–Trinajstić information content (AvgIpc) is 2.35. The maximum atomic E-state index is 10.3. The molecule has 1 N–H and O–H groups in total. The van der Waals surface area contributed by atoms with E-state index in [1.165, 1.54) is 18.4 Å². The fourth-order valence-electron chi connectivity index (χ4n) is 2.33. The van der Waals surface area contributed by atoms with E-state index < -0.39 is 0 Å². The van der Waals surface area contributed by atoms with Gasteiger partial charge in [-0.1, -0.05) is 64.8 Å². The molecule has 1 aromatic carbocycles. The summed E-state index contributed by atoms with van der Waals surface area (Å²) in [4.78, 5) is 0. The Labute approximate surface area is 112 Å². The molecule has 0 bridgehead atoms. The number of aliphatic hydroxyl groups excluding tert-OH is 1. The Morgan fingerprint density at radius 2 is 1.67 bits per heavy atom. The Morgan fingerprint density at radius 1 is 1.06 bits per heavy atom. The van der Waals surface area contributed by atoms with E-state index in [1.54, 1.807) is 0 Å². The molecular weight excluding hydrogens is 220 g/mol. The monoisotopic (exact) mass is 248 g/mol. The summed E-state index contributed by atoms with van der Waals surface area (Å²) in [5.41, 5.74) is 2.42. The van der Waals surface area contributed by atoms with Crippen molar-refractivity contribution in [1.29, 1.82) is 0 Å². The molecule has 1 aromatic rings. The van der Waals surface area contributed by atoms with Gasteiger partial charge in [-0.05, 0) is 35.8 Å². The molecule has 0 radical (unpaired) electrons. The second kappa shape index (κ2) is 7.58. The van der Waals surface area contributed by atoms with Gasteiger partial charge in [0.15, 0.2) is 0 Å².